The molecule has 1 atom stereocenters. The van der Waals surface area contributed by atoms with Crippen LogP contribution in [0.3, 0.4) is 0 Å². The van der Waals surface area contributed by atoms with Gasteiger partial charge in [0.1, 0.15) is 0 Å². The number of anilines is 1. The summed E-state index contributed by atoms with van der Waals surface area (Å²) in [6, 6.07) is 0.435. The van der Waals surface area contributed by atoms with Gasteiger partial charge in [0.2, 0.25) is 5.95 Å². The zero-order chi connectivity index (χ0) is 11.5. The molecule has 1 aliphatic rings. The van der Waals surface area contributed by atoms with Crippen LogP contribution in [0.25, 0.3) is 0 Å². The number of piperidine rings is 1. The SMILES string of the molecule is CC1CCCCN1c1ncc(C(=O)O)cn1. The van der Waals surface area contributed by atoms with Gasteiger partial charge in [-0.25, -0.2) is 14.8 Å². The van der Waals surface area contributed by atoms with Crippen molar-refractivity contribution >= 4 is 11.9 Å². The summed E-state index contributed by atoms with van der Waals surface area (Å²) in [5.41, 5.74) is 0.133. The number of aromatic nitrogens is 2. The van der Waals surface area contributed by atoms with Gasteiger partial charge in [-0.3, -0.25) is 0 Å². The van der Waals surface area contributed by atoms with Crippen molar-refractivity contribution < 1.29 is 9.90 Å². The minimum Gasteiger partial charge on any atom is -0.478 e. The predicted molar refractivity (Wildman–Crippen MR) is 59.7 cm³/mol. The van der Waals surface area contributed by atoms with E-state index < -0.39 is 5.97 Å². The van der Waals surface area contributed by atoms with Crippen LogP contribution in [-0.2, 0) is 0 Å². The molecule has 1 N–H and O–H groups in total. The number of hydrogen-bond donors (Lipinski definition) is 1. The number of carboxylic acids is 1. The average molecular weight is 221 g/mol. The summed E-state index contributed by atoms with van der Waals surface area (Å²) in [4.78, 5) is 21.0. The topological polar surface area (TPSA) is 66.3 Å². The molecule has 1 aromatic rings. The number of aromatic carboxylic acids is 1. The van der Waals surface area contributed by atoms with Crippen LogP contribution in [0.2, 0.25) is 0 Å². The summed E-state index contributed by atoms with van der Waals surface area (Å²) in [6.07, 6.45) is 6.27. The normalized spacial score (nSPS) is 20.8. The van der Waals surface area contributed by atoms with E-state index in [2.05, 4.69) is 21.8 Å². The molecule has 0 aromatic carbocycles. The lowest BCUT2D eigenvalue weighted by Gasteiger charge is -2.33. The van der Waals surface area contributed by atoms with Gasteiger partial charge in [0, 0.05) is 25.0 Å². The second kappa shape index (κ2) is 4.47. The zero-order valence-electron chi connectivity index (χ0n) is 9.26. The van der Waals surface area contributed by atoms with Gasteiger partial charge in [-0.1, -0.05) is 0 Å². The molecular weight excluding hydrogens is 206 g/mol. The summed E-state index contributed by atoms with van der Waals surface area (Å²) >= 11 is 0. The molecule has 0 saturated carbocycles. The number of carboxylic acid groups (broad SMARTS) is 1. The van der Waals surface area contributed by atoms with Crippen molar-refractivity contribution in [2.45, 2.75) is 32.2 Å². The van der Waals surface area contributed by atoms with Crippen molar-refractivity contribution in [1.82, 2.24) is 9.97 Å². The first-order valence-electron chi connectivity index (χ1n) is 5.50. The Kier molecular flexibility index (Phi) is 3.03. The van der Waals surface area contributed by atoms with Crippen LogP contribution in [0.1, 0.15) is 36.5 Å². The summed E-state index contributed by atoms with van der Waals surface area (Å²) in [6.45, 7) is 3.10. The molecule has 86 valence electrons. The minimum absolute atomic E-state index is 0.133. The molecule has 1 aromatic heterocycles. The first kappa shape index (κ1) is 10.9. The van der Waals surface area contributed by atoms with E-state index in [1.54, 1.807) is 0 Å². The molecule has 1 unspecified atom stereocenters. The Morgan fingerprint density at radius 1 is 1.44 bits per heavy atom. The number of carbonyl (C=O) groups is 1. The lowest BCUT2D eigenvalue weighted by molar-refractivity contribution is 0.0696. The highest BCUT2D eigenvalue weighted by Crippen LogP contribution is 2.20. The summed E-state index contributed by atoms with van der Waals surface area (Å²) in [5.74, 6) is -0.351. The molecule has 5 nitrogen and oxygen atoms in total. The van der Waals surface area contributed by atoms with Crippen LogP contribution >= 0.6 is 0 Å². The van der Waals surface area contributed by atoms with Gasteiger partial charge in [0.15, 0.2) is 0 Å². The standard InChI is InChI=1S/C11H15N3O2/c1-8-4-2-3-5-14(8)11-12-6-9(7-13-11)10(15)16/h6-8H,2-5H2,1H3,(H,15,16). The Hall–Kier alpha value is -1.65. The molecule has 1 saturated heterocycles. The zero-order valence-corrected chi connectivity index (χ0v) is 9.26. The molecule has 0 amide bonds. The van der Waals surface area contributed by atoms with E-state index in [0.717, 1.165) is 19.4 Å². The van der Waals surface area contributed by atoms with Gasteiger partial charge in [-0.15, -0.1) is 0 Å². The van der Waals surface area contributed by atoms with Crippen molar-refractivity contribution in [2.75, 3.05) is 11.4 Å². The fourth-order valence-corrected chi connectivity index (χ4v) is 1.98. The maximum Gasteiger partial charge on any atom is 0.338 e. The van der Waals surface area contributed by atoms with Crippen molar-refractivity contribution in [3.63, 3.8) is 0 Å². The minimum atomic E-state index is -0.988. The number of rotatable bonds is 2. The van der Waals surface area contributed by atoms with Crippen LogP contribution in [-0.4, -0.2) is 33.6 Å². The van der Waals surface area contributed by atoms with Crippen LogP contribution in [0, 0.1) is 0 Å². The van der Waals surface area contributed by atoms with Gasteiger partial charge >= 0.3 is 5.97 Å². The van der Waals surface area contributed by atoms with Crippen LogP contribution < -0.4 is 4.90 Å². The summed E-state index contributed by atoms with van der Waals surface area (Å²) < 4.78 is 0. The van der Waals surface area contributed by atoms with Crippen molar-refractivity contribution in [3.8, 4) is 0 Å². The second-order valence-electron chi connectivity index (χ2n) is 4.12. The average Bonchev–Trinajstić information content (AvgIpc) is 2.30. The van der Waals surface area contributed by atoms with Crippen LogP contribution in [0.4, 0.5) is 5.95 Å². The Labute approximate surface area is 94.1 Å². The summed E-state index contributed by atoms with van der Waals surface area (Å²) in [5, 5.41) is 8.74. The fourth-order valence-electron chi connectivity index (χ4n) is 1.98. The molecule has 1 fully saturated rings. The third-order valence-electron chi connectivity index (χ3n) is 2.95. The summed E-state index contributed by atoms with van der Waals surface area (Å²) in [7, 11) is 0. The van der Waals surface area contributed by atoms with Gasteiger partial charge < -0.3 is 10.0 Å². The van der Waals surface area contributed by atoms with Gasteiger partial charge in [0.25, 0.3) is 0 Å². The van der Waals surface area contributed by atoms with Crippen molar-refractivity contribution in [2.24, 2.45) is 0 Å². The van der Waals surface area contributed by atoms with E-state index in [-0.39, 0.29) is 5.56 Å². The Morgan fingerprint density at radius 3 is 2.69 bits per heavy atom. The predicted octanol–water partition coefficient (Wildman–Crippen LogP) is 1.55. The molecule has 2 rings (SSSR count). The number of hydrogen-bond acceptors (Lipinski definition) is 4. The molecule has 0 radical (unpaired) electrons. The molecule has 5 heteroatoms. The number of nitrogens with zero attached hydrogens (tertiary/aromatic N) is 3. The fraction of sp³-hybridized carbons (Fsp3) is 0.545. The van der Waals surface area contributed by atoms with E-state index in [1.807, 2.05) is 0 Å². The lowest BCUT2D eigenvalue weighted by Crippen LogP contribution is -2.38. The molecule has 1 aliphatic heterocycles. The van der Waals surface area contributed by atoms with E-state index in [0.29, 0.717) is 12.0 Å². The molecular formula is C11H15N3O2. The van der Waals surface area contributed by atoms with Crippen LogP contribution in [0.15, 0.2) is 12.4 Å². The molecule has 2 heterocycles. The van der Waals surface area contributed by atoms with E-state index >= 15 is 0 Å². The monoisotopic (exact) mass is 221 g/mol. The Balaban J connectivity index is 2.17. The molecule has 0 spiro atoms. The molecule has 0 aliphatic carbocycles. The second-order valence-corrected chi connectivity index (χ2v) is 4.12. The van der Waals surface area contributed by atoms with Gasteiger partial charge in [-0.05, 0) is 26.2 Å². The highest BCUT2D eigenvalue weighted by atomic mass is 16.4. The highest BCUT2D eigenvalue weighted by molar-refractivity contribution is 5.86. The van der Waals surface area contributed by atoms with Crippen molar-refractivity contribution in [3.05, 3.63) is 18.0 Å². The van der Waals surface area contributed by atoms with Crippen molar-refractivity contribution in [1.29, 1.82) is 0 Å². The van der Waals surface area contributed by atoms with Crippen LogP contribution in [0.5, 0.6) is 0 Å². The third-order valence-corrected chi connectivity index (χ3v) is 2.95. The largest absolute Gasteiger partial charge is 0.478 e. The first-order chi connectivity index (χ1) is 7.68. The van der Waals surface area contributed by atoms with E-state index in [1.165, 1.54) is 18.8 Å². The van der Waals surface area contributed by atoms with E-state index in [4.69, 9.17) is 5.11 Å². The Morgan fingerprint density at radius 2 is 2.12 bits per heavy atom. The van der Waals surface area contributed by atoms with Gasteiger partial charge in [-0.2, -0.15) is 0 Å². The maximum absolute atomic E-state index is 10.7. The van der Waals surface area contributed by atoms with E-state index in [9.17, 15) is 4.79 Å². The molecule has 16 heavy (non-hydrogen) atoms. The Bertz CT molecular complexity index is 377. The maximum atomic E-state index is 10.7. The molecule has 0 bridgehead atoms. The third kappa shape index (κ3) is 2.13. The smallest absolute Gasteiger partial charge is 0.338 e. The quantitative estimate of drug-likeness (QED) is 0.820. The highest BCUT2D eigenvalue weighted by Gasteiger charge is 2.20. The first-order valence-corrected chi connectivity index (χ1v) is 5.50. The van der Waals surface area contributed by atoms with Gasteiger partial charge in [0.05, 0.1) is 5.56 Å². The lowest BCUT2D eigenvalue weighted by atomic mass is 10.0.